The van der Waals surface area contributed by atoms with Crippen molar-refractivity contribution < 1.29 is 9.18 Å². The van der Waals surface area contributed by atoms with Crippen LogP contribution in [-0.4, -0.2) is 40.6 Å². The molecular weight excluding hydrogens is 435 g/mol. The molecule has 0 saturated heterocycles. The van der Waals surface area contributed by atoms with Crippen molar-refractivity contribution in [3.8, 4) is 17.2 Å². The van der Waals surface area contributed by atoms with Crippen molar-refractivity contribution in [2.24, 2.45) is 5.92 Å². The predicted molar refractivity (Wildman–Crippen MR) is 124 cm³/mol. The van der Waals surface area contributed by atoms with Gasteiger partial charge in [-0.3, -0.25) is 4.79 Å². The van der Waals surface area contributed by atoms with E-state index in [1.165, 1.54) is 6.07 Å². The Hall–Kier alpha value is -3.95. The fourth-order valence-electron chi connectivity index (χ4n) is 3.84. The van der Waals surface area contributed by atoms with Crippen molar-refractivity contribution in [2.75, 3.05) is 5.32 Å². The van der Waals surface area contributed by atoms with E-state index in [1.807, 2.05) is 17.7 Å². The van der Waals surface area contributed by atoms with Crippen molar-refractivity contribution in [3.63, 3.8) is 0 Å². The molecule has 4 aromatic rings. The van der Waals surface area contributed by atoms with Crippen LogP contribution in [-0.2, 0) is 6.54 Å². The van der Waals surface area contributed by atoms with Gasteiger partial charge in [-0.15, -0.1) is 5.10 Å². The van der Waals surface area contributed by atoms with Crippen LogP contribution >= 0.6 is 0 Å². The highest BCUT2D eigenvalue weighted by Crippen LogP contribution is 2.39. The number of nitrogens with one attached hydrogen (secondary N) is 1. The molecule has 1 saturated carbocycles. The topological polar surface area (TPSA) is 103 Å². The number of halogens is 1. The summed E-state index contributed by atoms with van der Waals surface area (Å²) in [6.45, 7) is 6.57. The van der Waals surface area contributed by atoms with Gasteiger partial charge < -0.3 is 9.88 Å². The van der Waals surface area contributed by atoms with Gasteiger partial charge >= 0.3 is 0 Å². The minimum Gasteiger partial charge on any atom is -0.306 e. The van der Waals surface area contributed by atoms with Gasteiger partial charge in [0, 0.05) is 18.7 Å². The number of imidazole rings is 1. The molecule has 0 aliphatic heterocycles. The Balaban J connectivity index is 1.40. The van der Waals surface area contributed by atoms with E-state index in [4.69, 9.17) is 0 Å². The maximum atomic E-state index is 14.8. The number of carbonyl (C=O) groups is 1. The first-order chi connectivity index (χ1) is 16.4. The van der Waals surface area contributed by atoms with Crippen LogP contribution in [0, 0.1) is 18.7 Å². The Bertz CT molecular complexity index is 1350. The Morgan fingerprint density at radius 3 is 2.85 bits per heavy atom. The molecule has 0 bridgehead atoms. The van der Waals surface area contributed by atoms with Crippen molar-refractivity contribution in [1.29, 1.82) is 0 Å². The van der Waals surface area contributed by atoms with Crippen LogP contribution < -0.4 is 5.32 Å². The third-order valence-corrected chi connectivity index (χ3v) is 5.70. The Morgan fingerprint density at radius 2 is 2.09 bits per heavy atom. The van der Waals surface area contributed by atoms with Crippen molar-refractivity contribution in [2.45, 2.75) is 46.1 Å². The van der Waals surface area contributed by atoms with E-state index in [-0.39, 0.29) is 11.4 Å². The number of tetrazole rings is 1. The number of aromatic nitrogens is 7. The van der Waals surface area contributed by atoms with Gasteiger partial charge in [0.1, 0.15) is 17.3 Å². The second-order valence-corrected chi connectivity index (χ2v) is 9.04. The molecule has 174 valence electrons. The Morgan fingerprint density at radius 1 is 1.26 bits per heavy atom. The largest absolute Gasteiger partial charge is 0.306 e. The Labute approximate surface area is 196 Å². The summed E-state index contributed by atoms with van der Waals surface area (Å²) in [7, 11) is 0. The lowest BCUT2D eigenvalue weighted by Crippen LogP contribution is -2.16. The summed E-state index contributed by atoms with van der Waals surface area (Å²) in [5.74, 6) is 0.442. The molecule has 1 aliphatic rings. The fraction of sp³-hybridized carbons (Fsp3) is 0.333. The summed E-state index contributed by atoms with van der Waals surface area (Å²) in [5.41, 5.74) is 2.89. The highest BCUT2D eigenvalue weighted by Gasteiger charge is 2.26. The van der Waals surface area contributed by atoms with Crippen LogP contribution in [0.4, 0.5) is 10.2 Å². The first-order valence-electron chi connectivity index (χ1n) is 11.3. The zero-order valence-corrected chi connectivity index (χ0v) is 19.2. The van der Waals surface area contributed by atoms with Crippen LogP contribution in [0.5, 0.6) is 0 Å². The molecule has 1 N–H and O–H groups in total. The predicted octanol–water partition coefficient (Wildman–Crippen LogP) is 4.15. The number of pyridine rings is 1. The molecule has 0 atom stereocenters. The highest BCUT2D eigenvalue weighted by molar-refractivity contribution is 6.04. The number of hydrogen-bond donors (Lipinski definition) is 1. The lowest BCUT2D eigenvalue weighted by Gasteiger charge is -2.12. The van der Waals surface area contributed by atoms with E-state index in [0.29, 0.717) is 41.1 Å². The minimum atomic E-state index is -0.599. The number of hydrogen-bond acceptors (Lipinski definition) is 6. The summed E-state index contributed by atoms with van der Waals surface area (Å²) in [6, 6.07) is 8.06. The van der Waals surface area contributed by atoms with E-state index in [9.17, 15) is 9.18 Å². The molecule has 9 nitrogen and oxygen atoms in total. The van der Waals surface area contributed by atoms with E-state index in [2.05, 4.69) is 44.7 Å². The SMILES string of the molecule is Cc1cc(F)c(C(=O)Nc2cccc(-c3nnnn3CC(C)C)n2)cc1-n1cnc(C2CC2)c1. The Kier molecular flexibility index (Phi) is 5.64. The number of amides is 1. The van der Waals surface area contributed by atoms with Gasteiger partial charge in [0.05, 0.1) is 23.3 Å². The number of rotatable bonds is 7. The van der Waals surface area contributed by atoms with E-state index < -0.39 is 11.7 Å². The molecule has 34 heavy (non-hydrogen) atoms. The molecule has 10 heteroatoms. The lowest BCUT2D eigenvalue weighted by atomic mass is 10.1. The van der Waals surface area contributed by atoms with Crippen LogP contribution in [0.3, 0.4) is 0 Å². The maximum Gasteiger partial charge on any atom is 0.259 e. The van der Waals surface area contributed by atoms with Crippen molar-refractivity contribution >= 4 is 11.7 Å². The molecular formula is C24H25FN8O. The van der Waals surface area contributed by atoms with Gasteiger partial charge in [-0.1, -0.05) is 19.9 Å². The normalized spacial score (nSPS) is 13.4. The molecule has 3 aromatic heterocycles. The zero-order chi connectivity index (χ0) is 23.8. The molecule has 0 unspecified atom stereocenters. The van der Waals surface area contributed by atoms with Crippen molar-refractivity contribution in [1.82, 2.24) is 34.7 Å². The molecule has 1 aliphatic carbocycles. The number of nitrogens with zero attached hydrogens (tertiary/aromatic N) is 7. The molecule has 0 spiro atoms. The maximum absolute atomic E-state index is 14.8. The summed E-state index contributed by atoms with van der Waals surface area (Å²) >= 11 is 0. The van der Waals surface area contributed by atoms with Crippen LogP contribution in [0.15, 0.2) is 42.9 Å². The zero-order valence-electron chi connectivity index (χ0n) is 19.2. The molecule has 3 heterocycles. The third-order valence-electron chi connectivity index (χ3n) is 5.70. The second-order valence-electron chi connectivity index (χ2n) is 9.04. The number of carbonyl (C=O) groups excluding carboxylic acids is 1. The molecule has 1 fully saturated rings. The summed E-state index contributed by atoms with van der Waals surface area (Å²) in [5, 5.41) is 14.5. The van der Waals surface area contributed by atoms with Gasteiger partial charge in [0.15, 0.2) is 0 Å². The second kappa shape index (κ2) is 8.77. The monoisotopic (exact) mass is 460 g/mol. The quantitative estimate of drug-likeness (QED) is 0.444. The number of aryl methyl sites for hydroxylation is 1. The summed E-state index contributed by atoms with van der Waals surface area (Å²) in [4.78, 5) is 21.9. The first kappa shape index (κ1) is 21.9. The fourth-order valence-corrected chi connectivity index (χ4v) is 3.84. The molecule has 0 radical (unpaired) electrons. The first-order valence-corrected chi connectivity index (χ1v) is 11.3. The average molecular weight is 461 g/mol. The van der Waals surface area contributed by atoms with Gasteiger partial charge in [0.25, 0.3) is 5.91 Å². The van der Waals surface area contributed by atoms with E-state index >= 15 is 0 Å². The highest BCUT2D eigenvalue weighted by atomic mass is 19.1. The average Bonchev–Trinajstić information content (AvgIpc) is 3.34. The number of anilines is 1. The van der Waals surface area contributed by atoms with Crippen LogP contribution in [0.2, 0.25) is 0 Å². The van der Waals surface area contributed by atoms with Gasteiger partial charge in [-0.05, 0) is 65.9 Å². The van der Waals surface area contributed by atoms with Crippen LogP contribution in [0.25, 0.3) is 17.2 Å². The summed E-state index contributed by atoms with van der Waals surface area (Å²) < 4.78 is 18.3. The standard InChI is InChI=1S/C24H25FN8O/c1-14(2)11-33-23(29-30-31-33)19-5-4-6-22(27-19)28-24(34)17-10-21(15(3)9-18(17)25)32-12-20(26-13-32)16-7-8-16/h4-6,9-10,12-14,16H,7-8,11H2,1-3H3,(H,27,28,34). The van der Waals surface area contributed by atoms with Gasteiger partial charge in [-0.2, -0.15) is 0 Å². The van der Waals surface area contributed by atoms with Gasteiger partial charge in [0.2, 0.25) is 5.82 Å². The van der Waals surface area contributed by atoms with E-state index in [0.717, 1.165) is 18.5 Å². The third kappa shape index (κ3) is 4.43. The lowest BCUT2D eigenvalue weighted by molar-refractivity contribution is 0.102. The minimum absolute atomic E-state index is 0.0703. The molecule has 5 rings (SSSR count). The van der Waals surface area contributed by atoms with Gasteiger partial charge in [-0.25, -0.2) is 19.0 Å². The number of benzene rings is 1. The van der Waals surface area contributed by atoms with Crippen LogP contribution in [0.1, 0.15) is 54.2 Å². The molecule has 1 amide bonds. The molecule has 1 aromatic carbocycles. The van der Waals surface area contributed by atoms with E-state index in [1.54, 1.807) is 35.3 Å². The summed E-state index contributed by atoms with van der Waals surface area (Å²) in [6.07, 6.45) is 5.94. The smallest absolute Gasteiger partial charge is 0.259 e. The van der Waals surface area contributed by atoms with Crippen molar-refractivity contribution in [3.05, 3.63) is 65.5 Å².